The van der Waals surface area contributed by atoms with E-state index in [4.69, 9.17) is 4.74 Å². The Morgan fingerprint density at radius 3 is 2.55 bits per heavy atom. The second kappa shape index (κ2) is 5.73. The van der Waals surface area contributed by atoms with E-state index >= 15 is 0 Å². The summed E-state index contributed by atoms with van der Waals surface area (Å²) < 4.78 is 6.12. The van der Waals surface area contributed by atoms with Crippen molar-refractivity contribution in [2.75, 3.05) is 12.4 Å². The summed E-state index contributed by atoms with van der Waals surface area (Å²) in [5.74, 6) is -0.174. The number of carbonyl (C=O) groups is 2. The molecule has 0 fully saturated rings. The van der Waals surface area contributed by atoms with E-state index in [0.717, 1.165) is 10.9 Å². The molecular formula is C17H14N2O3. The molecule has 5 nitrogen and oxygen atoms in total. The molecule has 0 aliphatic rings. The Balaban J connectivity index is 1.87. The van der Waals surface area contributed by atoms with Gasteiger partial charge in [-0.15, -0.1) is 0 Å². The number of rotatable bonds is 2. The number of hydrogen-bond acceptors (Lipinski definition) is 3. The number of nitrogens with one attached hydrogen (secondary N) is 1. The van der Waals surface area contributed by atoms with Crippen molar-refractivity contribution < 1.29 is 14.3 Å². The smallest absolute Gasteiger partial charge is 0.418 e. The summed E-state index contributed by atoms with van der Waals surface area (Å²) in [6.45, 7) is 0. The van der Waals surface area contributed by atoms with Crippen molar-refractivity contribution in [1.29, 1.82) is 0 Å². The molecule has 0 saturated carbocycles. The van der Waals surface area contributed by atoms with E-state index in [0.29, 0.717) is 11.3 Å². The summed E-state index contributed by atoms with van der Waals surface area (Å²) in [6.07, 6.45) is 1.19. The van der Waals surface area contributed by atoms with Gasteiger partial charge in [0.2, 0.25) is 0 Å². The van der Waals surface area contributed by atoms with Crippen LogP contribution < -0.4 is 5.32 Å². The third-order valence-corrected chi connectivity index (χ3v) is 3.36. The average Bonchev–Trinajstić information content (AvgIpc) is 2.98. The second-order valence-electron chi connectivity index (χ2n) is 4.75. The Kier molecular flexibility index (Phi) is 3.62. The van der Waals surface area contributed by atoms with Gasteiger partial charge in [-0.1, -0.05) is 18.2 Å². The maximum atomic E-state index is 12.1. The molecule has 2 aromatic carbocycles. The second-order valence-corrected chi connectivity index (χ2v) is 4.75. The number of hydrogen-bond donors (Lipinski definition) is 1. The molecule has 1 N–H and O–H groups in total. The maximum absolute atomic E-state index is 12.1. The molecule has 0 aliphatic heterocycles. The lowest BCUT2D eigenvalue weighted by Gasteiger charge is -2.06. The van der Waals surface area contributed by atoms with Gasteiger partial charge in [-0.05, 0) is 36.4 Å². The monoisotopic (exact) mass is 294 g/mol. The zero-order valence-corrected chi connectivity index (χ0v) is 11.9. The summed E-state index contributed by atoms with van der Waals surface area (Å²) >= 11 is 0. The normalized spacial score (nSPS) is 10.4. The van der Waals surface area contributed by atoms with E-state index in [1.54, 1.807) is 36.5 Å². The van der Waals surface area contributed by atoms with E-state index in [1.807, 2.05) is 24.3 Å². The SMILES string of the molecule is COC(=O)n1ccc2cc(NC(=O)c3ccccc3)ccc21. The molecule has 1 amide bonds. The van der Waals surface area contributed by atoms with Crippen LogP contribution in [0.5, 0.6) is 0 Å². The third-order valence-electron chi connectivity index (χ3n) is 3.36. The van der Waals surface area contributed by atoms with Crippen LogP contribution in [0.2, 0.25) is 0 Å². The van der Waals surface area contributed by atoms with E-state index in [-0.39, 0.29) is 5.91 Å². The molecule has 3 rings (SSSR count). The molecule has 110 valence electrons. The Labute approximate surface area is 127 Å². The lowest BCUT2D eigenvalue weighted by molar-refractivity contribution is 0.102. The van der Waals surface area contributed by atoms with Crippen LogP contribution in [-0.2, 0) is 4.74 Å². The van der Waals surface area contributed by atoms with Crippen LogP contribution in [0.3, 0.4) is 0 Å². The van der Waals surface area contributed by atoms with Crippen molar-refractivity contribution in [1.82, 2.24) is 4.57 Å². The number of anilines is 1. The van der Waals surface area contributed by atoms with Gasteiger partial charge >= 0.3 is 6.09 Å². The van der Waals surface area contributed by atoms with Crippen LogP contribution in [0.15, 0.2) is 60.8 Å². The van der Waals surface area contributed by atoms with E-state index in [2.05, 4.69) is 5.32 Å². The highest BCUT2D eigenvalue weighted by Gasteiger charge is 2.10. The van der Waals surface area contributed by atoms with E-state index in [1.165, 1.54) is 11.7 Å². The van der Waals surface area contributed by atoms with Crippen LogP contribution in [0.1, 0.15) is 10.4 Å². The predicted octanol–water partition coefficient (Wildman–Crippen LogP) is 3.51. The highest BCUT2D eigenvalue weighted by molar-refractivity contribution is 6.05. The highest BCUT2D eigenvalue weighted by atomic mass is 16.5. The molecule has 0 radical (unpaired) electrons. The molecule has 0 unspecified atom stereocenters. The molecule has 3 aromatic rings. The van der Waals surface area contributed by atoms with Crippen LogP contribution in [0.25, 0.3) is 10.9 Å². The Morgan fingerprint density at radius 2 is 1.82 bits per heavy atom. The van der Waals surface area contributed by atoms with Crippen LogP contribution in [0, 0.1) is 0 Å². The Hall–Kier alpha value is -3.08. The van der Waals surface area contributed by atoms with Crippen molar-refractivity contribution in [2.45, 2.75) is 0 Å². The molecule has 1 aromatic heterocycles. The van der Waals surface area contributed by atoms with Crippen molar-refractivity contribution in [3.63, 3.8) is 0 Å². The molecule has 0 spiro atoms. The molecule has 5 heteroatoms. The van der Waals surface area contributed by atoms with Gasteiger partial charge in [0, 0.05) is 22.8 Å². The first-order valence-electron chi connectivity index (χ1n) is 6.75. The van der Waals surface area contributed by atoms with Gasteiger partial charge in [0.15, 0.2) is 0 Å². The Morgan fingerprint density at radius 1 is 1.05 bits per heavy atom. The van der Waals surface area contributed by atoms with E-state index < -0.39 is 6.09 Å². The van der Waals surface area contributed by atoms with Crippen LogP contribution in [0.4, 0.5) is 10.5 Å². The molecule has 22 heavy (non-hydrogen) atoms. The summed E-state index contributed by atoms with van der Waals surface area (Å²) in [7, 11) is 1.34. The lowest BCUT2D eigenvalue weighted by Crippen LogP contribution is -2.12. The van der Waals surface area contributed by atoms with Crippen molar-refractivity contribution in [3.8, 4) is 0 Å². The zero-order chi connectivity index (χ0) is 15.5. The van der Waals surface area contributed by atoms with Crippen LogP contribution in [-0.4, -0.2) is 23.7 Å². The van der Waals surface area contributed by atoms with Gasteiger partial charge in [-0.25, -0.2) is 4.79 Å². The minimum atomic E-state index is -0.448. The number of ether oxygens (including phenoxy) is 1. The topological polar surface area (TPSA) is 60.3 Å². The third kappa shape index (κ3) is 2.56. The van der Waals surface area contributed by atoms with Gasteiger partial charge in [-0.3, -0.25) is 9.36 Å². The minimum absolute atomic E-state index is 0.174. The molecule has 0 aliphatic carbocycles. The molecule has 0 atom stereocenters. The number of methoxy groups -OCH3 is 1. The van der Waals surface area contributed by atoms with Gasteiger partial charge < -0.3 is 10.1 Å². The number of fused-ring (bicyclic) bond motifs is 1. The summed E-state index contributed by atoms with van der Waals surface area (Å²) in [5, 5.41) is 3.68. The molecule has 0 bridgehead atoms. The quantitative estimate of drug-likeness (QED) is 0.786. The molecule has 0 saturated heterocycles. The first-order chi connectivity index (χ1) is 10.7. The molecular weight excluding hydrogens is 280 g/mol. The van der Waals surface area contributed by atoms with Crippen molar-refractivity contribution >= 4 is 28.6 Å². The summed E-state index contributed by atoms with van der Waals surface area (Å²) in [4.78, 5) is 23.7. The molecule has 1 heterocycles. The number of amides is 1. The Bertz CT molecular complexity index is 837. The summed E-state index contributed by atoms with van der Waals surface area (Å²) in [5.41, 5.74) is 1.99. The fraction of sp³-hybridized carbons (Fsp3) is 0.0588. The van der Waals surface area contributed by atoms with Gasteiger partial charge in [0.05, 0.1) is 12.6 Å². The van der Waals surface area contributed by atoms with Crippen molar-refractivity contribution in [2.24, 2.45) is 0 Å². The first-order valence-corrected chi connectivity index (χ1v) is 6.75. The van der Waals surface area contributed by atoms with Gasteiger partial charge in [-0.2, -0.15) is 0 Å². The number of carbonyl (C=O) groups excluding carboxylic acids is 2. The van der Waals surface area contributed by atoms with Crippen LogP contribution >= 0.6 is 0 Å². The lowest BCUT2D eigenvalue weighted by atomic mass is 10.2. The van der Waals surface area contributed by atoms with Gasteiger partial charge in [0.1, 0.15) is 0 Å². The average molecular weight is 294 g/mol. The number of aromatic nitrogens is 1. The standard InChI is InChI=1S/C17H14N2O3/c1-22-17(21)19-10-9-13-11-14(7-8-15(13)19)18-16(20)12-5-3-2-4-6-12/h2-11H,1H3,(H,18,20). The van der Waals surface area contributed by atoms with Gasteiger partial charge in [0.25, 0.3) is 5.91 Å². The number of nitrogens with zero attached hydrogens (tertiary/aromatic N) is 1. The highest BCUT2D eigenvalue weighted by Crippen LogP contribution is 2.21. The predicted molar refractivity (Wildman–Crippen MR) is 84.1 cm³/mol. The van der Waals surface area contributed by atoms with E-state index in [9.17, 15) is 9.59 Å². The maximum Gasteiger partial charge on any atom is 0.418 e. The summed E-state index contributed by atoms with van der Waals surface area (Å²) in [6, 6.07) is 16.1. The van der Waals surface area contributed by atoms with Crippen molar-refractivity contribution in [3.05, 3.63) is 66.4 Å². The first kappa shape index (κ1) is 13.9. The number of benzene rings is 2. The zero-order valence-electron chi connectivity index (χ0n) is 11.9. The minimum Gasteiger partial charge on any atom is -0.452 e. The largest absolute Gasteiger partial charge is 0.452 e. The fourth-order valence-corrected chi connectivity index (χ4v) is 2.27. The fourth-order valence-electron chi connectivity index (χ4n) is 2.27.